The van der Waals surface area contributed by atoms with Gasteiger partial charge in [0.05, 0.1) is 0 Å². The summed E-state index contributed by atoms with van der Waals surface area (Å²) in [6, 6.07) is 0. The number of hydrogen-bond acceptors (Lipinski definition) is 2. The summed E-state index contributed by atoms with van der Waals surface area (Å²) >= 11 is 4.45. The van der Waals surface area contributed by atoms with Crippen molar-refractivity contribution in [1.29, 1.82) is 0 Å². The second kappa shape index (κ2) is 5.64. The summed E-state index contributed by atoms with van der Waals surface area (Å²) in [5.74, 6) is 0. The molecule has 0 unspecified atom stereocenters. The molecule has 1 radical (unpaired) electrons. The monoisotopic (exact) mass is 123 g/mol. The summed E-state index contributed by atoms with van der Waals surface area (Å²) in [6.45, 7) is 0. The zero-order valence-electron chi connectivity index (χ0n) is 2.72. The van der Waals surface area contributed by atoms with Gasteiger partial charge in [-0.2, -0.15) is 0 Å². The van der Waals surface area contributed by atoms with Gasteiger partial charge >= 0.3 is 0 Å². The van der Waals surface area contributed by atoms with Crippen LogP contribution in [0.15, 0.2) is 0 Å². The SMILES string of the molecule is OP(O)Cl.[Na]. The van der Waals surface area contributed by atoms with Gasteiger partial charge in [-0.3, -0.25) is 0 Å². The molecule has 0 bridgehead atoms. The van der Waals surface area contributed by atoms with Crippen molar-refractivity contribution in [1.82, 2.24) is 0 Å². The van der Waals surface area contributed by atoms with Crippen LogP contribution < -0.4 is 0 Å². The van der Waals surface area contributed by atoms with Crippen molar-refractivity contribution in [2.24, 2.45) is 0 Å². The minimum atomic E-state index is -2.15. The first-order valence-electron chi connectivity index (χ1n) is 0.569. The van der Waals surface area contributed by atoms with E-state index in [0.29, 0.717) is 0 Å². The second-order valence-corrected chi connectivity index (χ2v) is 1.63. The van der Waals surface area contributed by atoms with Crippen LogP contribution in [-0.4, -0.2) is 39.3 Å². The molecule has 0 aliphatic carbocycles. The maximum atomic E-state index is 7.44. The van der Waals surface area contributed by atoms with Crippen LogP contribution in [0.2, 0.25) is 0 Å². The Morgan fingerprint density at radius 2 is 1.40 bits per heavy atom. The maximum absolute atomic E-state index is 7.44. The van der Waals surface area contributed by atoms with Crippen molar-refractivity contribution in [3.8, 4) is 0 Å². The van der Waals surface area contributed by atoms with Crippen molar-refractivity contribution in [3.63, 3.8) is 0 Å². The second-order valence-electron chi connectivity index (χ2n) is 0.241. The van der Waals surface area contributed by atoms with Gasteiger partial charge in [0.1, 0.15) is 0 Å². The van der Waals surface area contributed by atoms with Crippen LogP contribution in [0.25, 0.3) is 0 Å². The van der Waals surface area contributed by atoms with Crippen molar-refractivity contribution in [2.75, 3.05) is 0 Å². The summed E-state index contributed by atoms with van der Waals surface area (Å²) in [6.07, 6.45) is 0. The van der Waals surface area contributed by atoms with Gasteiger partial charge in [-0.25, -0.2) is 0 Å². The van der Waals surface area contributed by atoms with Gasteiger partial charge in [0, 0.05) is 29.6 Å². The van der Waals surface area contributed by atoms with Crippen molar-refractivity contribution >= 4 is 48.5 Å². The summed E-state index contributed by atoms with van der Waals surface area (Å²) in [7, 11) is -2.15. The minimum Gasteiger partial charge on any atom is -0.338 e. The quantitative estimate of drug-likeness (QED) is 0.353. The van der Waals surface area contributed by atoms with E-state index >= 15 is 0 Å². The Kier molecular flexibility index (Phi) is 11.1. The molecular formula is H2ClNaO2P. The number of rotatable bonds is 0. The van der Waals surface area contributed by atoms with Crippen LogP contribution in [0.1, 0.15) is 0 Å². The average Bonchev–Trinajstić information content (AvgIpc) is 0.811. The first kappa shape index (κ1) is 9.81. The van der Waals surface area contributed by atoms with Crippen LogP contribution in [0.5, 0.6) is 0 Å². The molecule has 5 heteroatoms. The van der Waals surface area contributed by atoms with Gasteiger partial charge in [0.2, 0.25) is 0 Å². The van der Waals surface area contributed by atoms with E-state index in [1.54, 1.807) is 0 Å². The van der Waals surface area contributed by atoms with Crippen LogP contribution in [0, 0.1) is 0 Å². The Hall–Kier alpha value is 1.64. The van der Waals surface area contributed by atoms with E-state index in [-0.39, 0.29) is 29.6 Å². The van der Waals surface area contributed by atoms with E-state index in [4.69, 9.17) is 9.79 Å². The molecule has 5 heavy (non-hydrogen) atoms. The number of hydrogen-bond donors (Lipinski definition) is 2. The van der Waals surface area contributed by atoms with E-state index in [1.165, 1.54) is 0 Å². The fourth-order valence-electron chi connectivity index (χ4n) is 0. The third-order valence-electron chi connectivity index (χ3n) is 0. The van der Waals surface area contributed by atoms with E-state index in [2.05, 4.69) is 11.2 Å². The zero-order valence-corrected chi connectivity index (χ0v) is 6.37. The molecule has 0 atom stereocenters. The molecule has 2 nitrogen and oxygen atoms in total. The normalized spacial score (nSPS) is 7.20. The molecule has 0 rings (SSSR count). The Bertz CT molecular complexity index is 14.4. The van der Waals surface area contributed by atoms with Gasteiger partial charge in [0.15, 0.2) is 0 Å². The Morgan fingerprint density at radius 1 is 1.40 bits per heavy atom. The Labute approximate surface area is 58.1 Å². The fourth-order valence-corrected chi connectivity index (χ4v) is 0. The largest absolute Gasteiger partial charge is 0.338 e. The third kappa shape index (κ3) is 27.8. The maximum Gasteiger partial charge on any atom is 0.271 e. The molecule has 0 aromatic heterocycles. The molecular weight excluding hydrogens is 121 g/mol. The van der Waals surface area contributed by atoms with Crippen LogP contribution in [0.3, 0.4) is 0 Å². The van der Waals surface area contributed by atoms with Crippen LogP contribution in [-0.2, 0) is 0 Å². The van der Waals surface area contributed by atoms with Gasteiger partial charge < -0.3 is 9.79 Å². The molecule has 0 fully saturated rings. The van der Waals surface area contributed by atoms with Gasteiger partial charge in [0.25, 0.3) is 7.73 Å². The van der Waals surface area contributed by atoms with Gasteiger partial charge in [-0.05, 0) is 11.2 Å². The van der Waals surface area contributed by atoms with Crippen molar-refractivity contribution < 1.29 is 9.79 Å². The third-order valence-corrected chi connectivity index (χ3v) is 0. The van der Waals surface area contributed by atoms with Gasteiger partial charge in [-0.15, -0.1) is 0 Å². The van der Waals surface area contributed by atoms with E-state index in [1.807, 2.05) is 0 Å². The van der Waals surface area contributed by atoms with Gasteiger partial charge in [-0.1, -0.05) is 0 Å². The summed E-state index contributed by atoms with van der Waals surface area (Å²) in [5, 5.41) is 0. The Morgan fingerprint density at radius 3 is 1.40 bits per heavy atom. The zero-order chi connectivity index (χ0) is 3.58. The molecule has 0 aliphatic rings. The molecule has 0 aromatic rings. The topological polar surface area (TPSA) is 40.5 Å². The molecule has 0 spiro atoms. The summed E-state index contributed by atoms with van der Waals surface area (Å²) in [4.78, 5) is 14.9. The smallest absolute Gasteiger partial charge is 0.271 e. The molecule has 0 saturated carbocycles. The molecule has 27 valence electrons. The predicted octanol–water partition coefficient (Wildman–Crippen LogP) is 0.0559. The van der Waals surface area contributed by atoms with E-state index < -0.39 is 7.73 Å². The van der Waals surface area contributed by atoms with Crippen molar-refractivity contribution in [3.05, 3.63) is 0 Å². The number of halogens is 1. The summed E-state index contributed by atoms with van der Waals surface area (Å²) < 4.78 is 0. The standard InChI is InChI=1S/ClH2O2P.Na/c1-4(2)3;/h2-3H;. The van der Waals surface area contributed by atoms with E-state index in [9.17, 15) is 0 Å². The molecule has 0 aromatic carbocycles. The average molecular weight is 123 g/mol. The van der Waals surface area contributed by atoms with Crippen LogP contribution >= 0.6 is 19.0 Å². The predicted molar refractivity (Wildman–Crippen MR) is 23.0 cm³/mol. The van der Waals surface area contributed by atoms with Crippen molar-refractivity contribution in [2.45, 2.75) is 0 Å². The first-order chi connectivity index (χ1) is 1.73. The summed E-state index contributed by atoms with van der Waals surface area (Å²) in [5.41, 5.74) is 0. The minimum absolute atomic E-state index is 0. The van der Waals surface area contributed by atoms with E-state index in [0.717, 1.165) is 0 Å². The fraction of sp³-hybridized carbons (Fsp3) is 0. The molecule has 0 aliphatic heterocycles. The van der Waals surface area contributed by atoms with Crippen LogP contribution in [0.4, 0.5) is 0 Å². The first-order valence-corrected chi connectivity index (χ1v) is 2.72. The molecule has 0 amide bonds. The molecule has 0 saturated heterocycles. The Balaban J connectivity index is 0. The molecule has 0 heterocycles. The molecule has 2 N–H and O–H groups in total.